The molecule has 3 N–H and O–H groups in total. The van der Waals surface area contributed by atoms with Crippen molar-refractivity contribution < 1.29 is 4.79 Å². The van der Waals surface area contributed by atoms with E-state index >= 15 is 0 Å². The molecule has 0 fully saturated rings. The number of carbonyl (C=O) groups excluding carboxylic acids is 1. The van der Waals surface area contributed by atoms with E-state index in [2.05, 4.69) is 10.5 Å². The molecule has 0 heterocycles. The lowest BCUT2D eigenvalue weighted by Gasteiger charge is -2.00. The molecule has 0 atom stereocenters. The quantitative estimate of drug-likeness (QED) is 0.421. The largest absolute Gasteiger partial charge is 0.399 e. The fourth-order valence-corrected chi connectivity index (χ4v) is 0.862. The summed E-state index contributed by atoms with van der Waals surface area (Å²) in [5.74, 6) is -0.230. The Morgan fingerprint density at radius 2 is 1.86 bits per heavy atom. The number of carbonyl (C=O) groups is 1. The van der Waals surface area contributed by atoms with Gasteiger partial charge in [0.15, 0.2) is 0 Å². The highest BCUT2D eigenvalue weighted by molar-refractivity contribution is 5.95. The molecule has 1 aromatic rings. The van der Waals surface area contributed by atoms with Gasteiger partial charge in [0, 0.05) is 17.0 Å². The molecule has 14 heavy (non-hydrogen) atoms. The van der Waals surface area contributed by atoms with Crippen molar-refractivity contribution in [2.45, 2.75) is 13.8 Å². The summed E-state index contributed by atoms with van der Waals surface area (Å²) < 4.78 is 0. The van der Waals surface area contributed by atoms with Crippen LogP contribution < -0.4 is 11.2 Å². The standard InChI is InChI=1S/C10H13N3O/c1-7(2)12-13-10(14)8-3-5-9(11)6-4-8/h3-6H,11H2,1-2H3,(H,13,14). The minimum atomic E-state index is -0.230. The van der Waals surface area contributed by atoms with Crippen LogP contribution in [0.1, 0.15) is 24.2 Å². The second-order valence-electron chi connectivity index (χ2n) is 3.12. The second-order valence-corrected chi connectivity index (χ2v) is 3.12. The lowest BCUT2D eigenvalue weighted by Crippen LogP contribution is -2.18. The molecule has 0 saturated heterocycles. The van der Waals surface area contributed by atoms with Gasteiger partial charge >= 0.3 is 0 Å². The van der Waals surface area contributed by atoms with Gasteiger partial charge < -0.3 is 5.73 Å². The van der Waals surface area contributed by atoms with Crippen molar-refractivity contribution in [2.24, 2.45) is 5.10 Å². The van der Waals surface area contributed by atoms with Crippen LogP contribution in [-0.4, -0.2) is 11.6 Å². The van der Waals surface area contributed by atoms with Gasteiger partial charge in [0.05, 0.1) is 0 Å². The summed E-state index contributed by atoms with van der Waals surface area (Å²) in [7, 11) is 0. The minimum absolute atomic E-state index is 0.230. The number of amides is 1. The Bertz CT molecular complexity index is 350. The van der Waals surface area contributed by atoms with Crippen LogP contribution in [0.2, 0.25) is 0 Å². The molecule has 0 spiro atoms. The van der Waals surface area contributed by atoms with Gasteiger partial charge in [0.25, 0.3) is 5.91 Å². The van der Waals surface area contributed by atoms with Crippen LogP contribution in [0, 0.1) is 0 Å². The highest BCUT2D eigenvalue weighted by Gasteiger charge is 2.02. The van der Waals surface area contributed by atoms with Crippen molar-refractivity contribution in [3.63, 3.8) is 0 Å². The topological polar surface area (TPSA) is 67.5 Å². The molecule has 0 aliphatic rings. The Labute approximate surface area is 82.8 Å². The maximum absolute atomic E-state index is 11.4. The zero-order valence-electron chi connectivity index (χ0n) is 8.24. The smallest absolute Gasteiger partial charge is 0.271 e. The fraction of sp³-hybridized carbons (Fsp3) is 0.200. The molecule has 4 nitrogen and oxygen atoms in total. The molecule has 0 bridgehead atoms. The first kappa shape index (κ1) is 10.2. The zero-order chi connectivity index (χ0) is 10.6. The number of hydrazone groups is 1. The van der Waals surface area contributed by atoms with Crippen LogP contribution in [-0.2, 0) is 0 Å². The van der Waals surface area contributed by atoms with Gasteiger partial charge in [-0.15, -0.1) is 0 Å². The number of nitrogens with zero attached hydrogens (tertiary/aromatic N) is 1. The van der Waals surface area contributed by atoms with E-state index in [0.717, 1.165) is 5.71 Å². The molecular weight excluding hydrogens is 178 g/mol. The number of anilines is 1. The SMILES string of the molecule is CC(C)=NNC(=O)c1ccc(N)cc1. The number of rotatable bonds is 2. The van der Waals surface area contributed by atoms with Crippen molar-refractivity contribution in [3.8, 4) is 0 Å². The first-order valence-electron chi connectivity index (χ1n) is 4.26. The highest BCUT2D eigenvalue weighted by atomic mass is 16.2. The van der Waals surface area contributed by atoms with Gasteiger partial charge in [0.1, 0.15) is 0 Å². The van der Waals surface area contributed by atoms with E-state index in [-0.39, 0.29) is 5.91 Å². The third-order valence-electron chi connectivity index (χ3n) is 1.55. The Balaban J connectivity index is 2.70. The van der Waals surface area contributed by atoms with Gasteiger partial charge in [-0.3, -0.25) is 4.79 Å². The molecule has 74 valence electrons. The van der Waals surface area contributed by atoms with E-state index in [0.29, 0.717) is 11.3 Å². The van der Waals surface area contributed by atoms with Crippen LogP contribution >= 0.6 is 0 Å². The van der Waals surface area contributed by atoms with E-state index in [1.165, 1.54) is 0 Å². The monoisotopic (exact) mass is 191 g/mol. The maximum Gasteiger partial charge on any atom is 0.271 e. The third kappa shape index (κ3) is 2.90. The molecule has 4 heteroatoms. The highest BCUT2D eigenvalue weighted by Crippen LogP contribution is 2.04. The molecule has 0 aliphatic carbocycles. The first-order chi connectivity index (χ1) is 6.59. The number of nitrogens with two attached hydrogens (primary N) is 1. The van der Waals surface area contributed by atoms with Crippen molar-refractivity contribution >= 4 is 17.3 Å². The van der Waals surface area contributed by atoms with Crippen LogP contribution in [0.15, 0.2) is 29.4 Å². The summed E-state index contributed by atoms with van der Waals surface area (Å²) in [6.45, 7) is 3.62. The minimum Gasteiger partial charge on any atom is -0.399 e. The molecule has 0 saturated carbocycles. The number of benzene rings is 1. The zero-order valence-corrected chi connectivity index (χ0v) is 8.24. The van der Waals surface area contributed by atoms with Gasteiger partial charge in [-0.25, -0.2) is 5.43 Å². The number of hydrogen-bond acceptors (Lipinski definition) is 3. The Kier molecular flexibility index (Phi) is 3.23. The fourth-order valence-electron chi connectivity index (χ4n) is 0.862. The summed E-state index contributed by atoms with van der Waals surface area (Å²) in [5.41, 5.74) is 9.90. The van der Waals surface area contributed by atoms with Gasteiger partial charge in [-0.05, 0) is 38.1 Å². The van der Waals surface area contributed by atoms with E-state index in [1.807, 2.05) is 13.8 Å². The van der Waals surface area contributed by atoms with E-state index in [9.17, 15) is 4.79 Å². The molecule has 1 amide bonds. The van der Waals surface area contributed by atoms with Gasteiger partial charge in [-0.2, -0.15) is 5.10 Å². The second kappa shape index (κ2) is 4.41. The molecular formula is C10H13N3O. The van der Waals surface area contributed by atoms with Gasteiger partial charge in [-0.1, -0.05) is 0 Å². The molecule has 0 aliphatic heterocycles. The predicted molar refractivity (Wildman–Crippen MR) is 57.1 cm³/mol. The summed E-state index contributed by atoms with van der Waals surface area (Å²) in [6.07, 6.45) is 0. The van der Waals surface area contributed by atoms with E-state index in [4.69, 9.17) is 5.73 Å². The van der Waals surface area contributed by atoms with Gasteiger partial charge in [0.2, 0.25) is 0 Å². The van der Waals surface area contributed by atoms with Crippen molar-refractivity contribution in [3.05, 3.63) is 29.8 Å². The molecule has 0 radical (unpaired) electrons. The summed E-state index contributed by atoms with van der Waals surface area (Å²) in [4.78, 5) is 11.4. The Morgan fingerprint density at radius 1 is 1.29 bits per heavy atom. The lowest BCUT2D eigenvalue weighted by atomic mass is 10.2. The molecule has 1 rings (SSSR count). The molecule has 1 aromatic carbocycles. The summed E-state index contributed by atoms with van der Waals surface area (Å²) >= 11 is 0. The Hall–Kier alpha value is -1.84. The summed E-state index contributed by atoms with van der Waals surface area (Å²) in [6, 6.07) is 6.67. The average Bonchev–Trinajstić information content (AvgIpc) is 2.15. The normalized spacial score (nSPS) is 9.29. The van der Waals surface area contributed by atoms with Crippen LogP contribution in [0.5, 0.6) is 0 Å². The first-order valence-corrected chi connectivity index (χ1v) is 4.26. The number of nitrogens with one attached hydrogen (secondary N) is 1. The van der Waals surface area contributed by atoms with Crippen molar-refractivity contribution in [1.29, 1.82) is 0 Å². The van der Waals surface area contributed by atoms with Crippen LogP contribution in [0.4, 0.5) is 5.69 Å². The Morgan fingerprint density at radius 3 is 2.36 bits per heavy atom. The van der Waals surface area contributed by atoms with Crippen molar-refractivity contribution in [1.82, 2.24) is 5.43 Å². The molecule has 0 unspecified atom stereocenters. The third-order valence-corrected chi connectivity index (χ3v) is 1.55. The average molecular weight is 191 g/mol. The molecule has 0 aromatic heterocycles. The van der Waals surface area contributed by atoms with Crippen LogP contribution in [0.25, 0.3) is 0 Å². The number of nitrogen functional groups attached to an aromatic ring is 1. The lowest BCUT2D eigenvalue weighted by molar-refractivity contribution is 0.0955. The number of hydrogen-bond donors (Lipinski definition) is 2. The van der Waals surface area contributed by atoms with Crippen molar-refractivity contribution in [2.75, 3.05) is 5.73 Å². The predicted octanol–water partition coefficient (Wildman–Crippen LogP) is 1.39. The summed E-state index contributed by atoms with van der Waals surface area (Å²) in [5, 5.41) is 3.81. The van der Waals surface area contributed by atoms with Crippen LogP contribution in [0.3, 0.4) is 0 Å². The van der Waals surface area contributed by atoms with E-state index in [1.54, 1.807) is 24.3 Å². The van der Waals surface area contributed by atoms with E-state index < -0.39 is 0 Å². The maximum atomic E-state index is 11.4.